The predicted octanol–water partition coefficient (Wildman–Crippen LogP) is 4.14. The Morgan fingerprint density at radius 1 is 0.897 bits per heavy atom. The van der Waals surface area contributed by atoms with Crippen molar-refractivity contribution in [3.63, 3.8) is 0 Å². The maximum absolute atomic E-state index is 12.7. The fourth-order valence-corrected chi connectivity index (χ4v) is 3.16. The van der Waals surface area contributed by atoms with Crippen molar-refractivity contribution >= 4 is 17.4 Å². The molecule has 1 amide bonds. The lowest BCUT2D eigenvalue weighted by Crippen LogP contribution is -2.45. The quantitative estimate of drug-likeness (QED) is 0.660. The number of piperidine rings is 1. The van der Waals surface area contributed by atoms with Gasteiger partial charge in [-0.05, 0) is 61.4 Å². The molecule has 29 heavy (non-hydrogen) atoms. The molecule has 3 heterocycles. The third-order valence-corrected chi connectivity index (χ3v) is 4.64. The molecule has 0 saturated carbocycles. The van der Waals surface area contributed by atoms with Crippen LogP contribution in [0.4, 0.5) is 11.5 Å². The molecular weight excluding hydrogens is 366 g/mol. The van der Waals surface area contributed by atoms with Gasteiger partial charge in [-0.15, -0.1) is 0 Å². The van der Waals surface area contributed by atoms with E-state index in [0.29, 0.717) is 11.3 Å². The molecule has 0 spiro atoms. The highest BCUT2D eigenvalue weighted by Crippen LogP contribution is 2.25. The molecule has 0 radical (unpaired) electrons. The van der Waals surface area contributed by atoms with Gasteiger partial charge in [0.1, 0.15) is 17.1 Å². The van der Waals surface area contributed by atoms with E-state index in [1.807, 2.05) is 47.5 Å². The molecule has 7 heteroatoms. The van der Waals surface area contributed by atoms with Crippen molar-refractivity contribution in [3.05, 3.63) is 72.6 Å². The average molecular weight is 389 g/mol. The number of anilines is 2. The molecule has 1 fully saturated rings. The molecular formula is C22H23N5O2. The zero-order valence-corrected chi connectivity index (χ0v) is 16.0. The van der Waals surface area contributed by atoms with Gasteiger partial charge in [-0.1, -0.05) is 12.5 Å². The lowest BCUT2D eigenvalue weighted by Gasteiger charge is -2.26. The number of pyridine rings is 2. The van der Waals surface area contributed by atoms with Gasteiger partial charge in [0.15, 0.2) is 0 Å². The number of nitrogens with zero attached hydrogens (tertiary/aromatic N) is 3. The summed E-state index contributed by atoms with van der Waals surface area (Å²) in [7, 11) is 0. The number of carbonyl (C=O) groups excluding carboxylic acids is 1. The summed E-state index contributed by atoms with van der Waals surface area (Å²) in [5, 5.41) is 5.18. The van der Waals surface area contributed by atoms with Gasteiger partial charge in [0.25, 0.3) is 5.91 Å². The Hall–Kier alpha value is -3.45. The molecule has 1 aromatic carbocycles. The van der Waals surface area contributed by atoms with Crippen LogP contribution in [0.2, 0.25) is 0 Å². The molecule has 4 rings (SSSR count). The molecule has 2 aromatic heterocycles. The van der Waals surface area contributed by atoms with Crippen LogP contribution < -0.4 is 15.5 Å². The van der Waals surface area contributed by atoms with Crippen LogP contribution in [0, 0.1) is 0 Å². The molecule has 3 aromatic rings. The summed E-state index contributed by atoms with van der Waals surface area (Å²) in [5.74, 6) is 1.45. The smallest absolute Gasteiger partial charge is 0.271 e. The molecule has 7 nitrogen and oxygen atoms in total. The van der Waals surface area contributed by atoms with Crippen molar-refractivity contribution in [2.75, 3.05) is 18.4 Å². The zero-order chi connectivity index (χ0) is 19.9. The Bertz CT molecular complexity index is 941. The summed E-state index contributed by atoms with van der Waals surface area (Å²) < 4.78 is 5.89. The first-order valence-electron chi connectivity index (χ1n) is 9.75. The van der Waals surface area contributed by atoms with E-state index in [2.05, 4.69) is 20.7 Å². The highest BCUT2D eigenvalue weighted by Gasteiger charge is 2.18. The van der Waals surface area contributed by atoms with Crippen molar-refractivity contribution in [1.82, 2.24) is 20.4 Å². The van der Waals surface area contributed by atoms with Gasteiger partial charge in [-0.3, -0.25) is 10.2 Å². The van der Waals surface area contributed by atoms with Crippen LogP contribution in [-0.4, -0.2) is 34.0 Å². The van der Waals surface area contributed by atoms with Crippen LogP contribution in [0.1, 0.15) is 29.6 Å². The fraction of sp³-hybridized carbons (Fsp3) is 0.227. The number of hydrazine groups is 1. The maximum Gasteiger partial charge on any atom is 0.271 e. The third kappa shape index (κ3) is 5.08. The largest absolute Gasteiger partial charge is 0.438 e. The van der Waals surface area contributed by atoms with E-state index in [1.165, 1.54) is 6.42 Å². The Kier molecular flexibility index (Phi) is 5.97. The Morgan fingerprint density at radius 3 is 2.45 bits per heavy atom. The van der Waals surface area contributed by atoms with Crippen molar-refractivity contribution in [1.29, 1.82) is 0 Å². The van der Waals surface area contributed by atoms with Crippen molar-refractivity contribution in [2.24, 2.45) is 0 Å². The van der Waals surface area contributed by atoms with Gasteiger partial charge in [0.05, 0.1) is 0 Å². The highest BCUT2D eigenvalue weighted by atomic mass is 16.5. The van der Waals surface area contributed by atoms with E-state index >= 15 is 0 Å². The number of hydrogen-bond donors (Lipinski definition) is 2. The number of rotatable bonds is 6. The molecule has 1 aliphatic rings. The van der Waals surface area contributed by atoms with Gasteiger partial charge < -0.3 is 10.1 Å². The molecule has 148 valence electrons. The number of ether oxygens (including phenoxy) is 1. The number of benzene rings is 1. The van der Waals surface area contributed by atoms with Crippen LogP contribution in [0.3, 0.4) is 0 Å². The van der Waals surface area contributed by atoms with E-state index in [-0.39, 0.29) is 11.8 Å². The van der Waals surface area contributed by atoms with Crippen LogP contribution in [0.5, 0.6) is 11.6 Å². The van der Waals surface area contributed by atoms with Gasteiger partial charge in [-0.2, -0.15) is 0 Å². The monoisotopic (exact) mass is 389 g/mol. The fourth-order valence-electron chi connectivity index (χ4n) is 3.16. The Morgan fingerprint density at radius 2 is 1.69 bits per heavy atom. The van der Waals surface area contributed by atoms with Crippen molar-refractivity contribution < 1.29 is 9.53 Å². The second-order valence-electron chi connectivity index (χ2n) is 6.81. The standard InChI is InChI=1S/C22H23N5O2/c28-21(26-27-15-4-1-5-16-27)19-7-6-14-24-22(19)29-18-11-9-17(10-12-18)25-20-8-2-3-13-23-20/h2-3,6-14H,1,4-5,15-16H2,(H,23,25)(H,26,28). The van der Waals surface area contributed by atoms with E-state index in [0.717, 1.165) is 37.4 Å². The molecule has 0 atom stereocenters. The van der Waals surface area contributed by atoms with Gasteiger partial charge in [-0.25, -0.2) is 15.0 Å². The molecule has 0 unspecified atom stereocenters. The lowest BCUT2D eigenvalue weighted by atomic mass is 10.2. The van der Waals surface area contributed by atoms with Gasteiger partial charge >= 0.3 is 0 Å². The first-order valence-corrected chi connectivity index (χ1v) is 9.75. The summed E-state index contributed by atoms with van der Waals surface area (Å²) in [6, 6.07) is 16.6. The second-order valence-corrected chi connectivity index (χ2v) is 6.81. The summed E-state index contributed by atoms with van der Waals surface area (Å²) in [6.07, 6.45) is 6.74. The maximum atomic E-state index is 12.7. The SMILES string of the molecule is O=C(NN1CCCCC1)c1cccnc1Oc1ccc(Nc2ccccn2)cc1. The predicted molar refractivity (Wildman–Crippen MR) is 111 cm³/mol. The van der Waals surface area contributed by atoms with Crippen LogP contribution in [0.25, 0.3) is 0 Å². The van der Waals surface area contributed by atoms with Crippen LogP contribution >= 0.6 is 0 Å². The Balaban J connectivity index is 1.43. The molecule has 0 aliphatic carbocycles. The number of aromatic nitrogens is 2. The lowest BCUT2D eigenvalue weighted by molar-refractivity contribution is 0.0747. The number of carbonyl (C=O) groups is 1. The highest BCUT2D eigenvalue weighted by molar-refractivity contribution is 5.96. The minimum atomic E-state index is -0.205. The summed E-state index contributed by atoms with van der Waals surface area (Å²) >= 11 is 0. The second kappa shape index (κ2) is 9.16. The topological polar surface area (TPSA) is 79.4 Å². The summed E-state index contributed by atoms with van der Waals surface area (Å²) in [4.78, 5) is 21.2. The van der Waals surface area contributed by atoms with Crippen molar-refractivity contribution in [3.8, 4) is 11.6 Å². The molecule has 2 N–H and O–H groups in total. The number of hydrogen-bond acceptors (Lipinski definition) is 6. The number of nitrogens with one attached hydrogen (secondary N) is 2. The number of amides is 1. The summed E-state index contributed by atoms with van der Waals surface area (Å²) in [6.45, 7) is 1.74. The zero-order valence-electron chi connectivity index (χ0n) is 16.0. The minimum absolute atomic E-state index is 0.205. The third-order valence-electron chi connectivity index (χ3n) is 4.64. The summed E-state index contributed by atoms with van der Waals surface area (Å²) in [5.41, 5.74) is 4.26. The van der Waals surface area contributed by atoms with Crippen LogP contribution in [0.15, 0.2) is 67.0 Å². The Labute approximate surface area is 169 Å². The minimum Gasteiger partial charge on any atom is -0.438 e. The van der Waals surface area contributed by atoms with E-state index in [9.17, 15) is 4.79 Å². The molecule has 1 aliphatic heterocycles. The van der Waals surface area contributed by atoms with Gasteiger partial charge in [0.2, 0.25) is 5.88 Å². The van der Waals surface area contributed by atoms with Crippen LogP contribution in [-0.2, 0) is 0 Å². The average Bonchev–Trinajstić information content (AvgIpc) is 2.77. The van der Waals surface area contributed by atoms with E-state index in [4.69, 9.17) is 4.74 Å². The molecule has 1 saturated heterocycles. The van der Waals surface area contributed by atoms with Gasteiger partial charge in [0, 0.05) is 31.2 Å². The van der Waals surface area contributed by atoms with Crippen molar-refractivity contribution in [2.45, 2.75) is 19.3 Å². The first-order chi connectivity index (χ1) is 14.3. The molecule has 0 bridgehead atoms. The van der Waals surface area contributed by atoms with E-state index in [1.54, 1.807) is 24.5 Å². The van der Waals surface area contributed by atoms with E-state index < -0.39 is 0 Å². The first kappa shape index (κ1) is 18.9. The normalized spacial score (nSPS) is 14.2.